The molecule has 1 amide bonds. The van der Waals surface area contributed by atoms with Crippen molar-refractivity contribution in [3.05, 3.63) is 81.3 Å². The maximum absolute atomic E-state index is 12.2. The highest BCUT2D eigenvalue weighted by Crippen LogP contribution is 2.29. The lowest BCUT2D eigenvalue weighted by Crippen LogP contribution is -2.15. The second-order valence-electron chi connectivity index (χ2n) is 5.95. The van der Waals surface area contributed by atoms with E-state index in [1.165, 1.54) is 12.3 Å². The van der Waals surface area contributed by atoms with E-state index in [0.717, 1.165) is 4.57 Å². The summed E-state index contributed by atoms with van der Waals surface area (Å²) in [5.41, 5.74) is 0.833. The van der Waals surface area contributed by atoms with Crippen LogP contribution in [0.2, 0.25) is 5.02 Å². The first-order chi connectivity index (χ1) is 13.5. The molecule has 0 saturated carbocycles. The first-order valence-electron chi connectivity index (χ1n) is 8.26. The van der Waals surface area contributed by atoms with Crippen LogP contribution in [-0.2, 0) is 6.61 Å². The zero-order valence-electron chi connectivity index (χ0n) is 14.6. The molecule has 0 unspecified atom stereocenters. The second-order valence-corrected chi connectivity index (χ2v) is 6.38. The van der Waals surface area contributed by atoms with E-state index < -0.39 is 5.91 Å². The van der Waals surface area contributed by atoms with Gasteiger partial charge in [0.05, 0.1) is 17.6 Å². The average molecular weight is 400 g/mol. The Hall–Kier alpha value is -3.52. The van der Waals surface area contributed by atoms with Crippen LogP contribution in [0, 0.1) is 6.92 Å². The molecule has 8 nitrogen and oxygen atoms in total. The molecule has 0 saturated heterocycles. The number of nitrogens with zero attached hydrogens (tertiary/aromatic N) is 2. The number of hydrogen-bond donors (Lipinski definition) is 1. The van der Waals surface area contributed by atoms with Gasteiger partial charge < -0.3 is 19.0 Å². The van der Waals surface area contributed by atoms with Crippen molar-refractivity contribution in [1.82, 2.24) is 9.56 Å². The maximum Gasteiger partial charge on any atom is 0.291 e. The van der Waals surface area contributed by atoms with Gasteiger partial charge in [0.1, 0.15) is 18.1 Å². The number of ether oxygens (including phenoxy) is 1. The van der Waals surface area contributed by atoms with Crippen LogP contribution < -0.4 is 15.6 Å². The van der Waals surface area contributed by atoms with Gasteiger partial charge in [-0.05, 0) is 37.3 Å². The van der Waals surface area contributed by atoms with E-state index in [1.54, 1.807) is 43.3 Å². The summed E-state index contributed by atoms with van der Waals surface area (Å²) in [6, 6.07) is 10.9. The van der Waals surface area contributed by atoms with E-state index in [0.29, 0.717) is 33.6 Å². The lowest BCUT2D eigenvalue weighted by Gasteiger charge is -2.12. The monoisotopic (exact) mass is 399 g/mol. The van der Waals surface area contributed by atoms with Crippen molar-refractivity contribution < 1.29 is 18.5 Å². The Morgan fingerprint density at radius 2 is 2.14 bits per heavy atom. The number of aromatic nitrogens is 2. The number of aryl methyl sites for hydroxylation is 1. The van der Waals surface area contributed by atoms with E-state index in [9.17, 15) is 9.59 Å². The maximum atomic E-state index is 12.2. The zero-order chi connectivity index (χ0) is 19.7. The smallest absolute Gasteiger partial charge is 0.291 e. The summed E-state index contributed by atoms with van der Waals surface area (Å²) in [5.74, 6) is 0.656. The molecule has 0 fully saturated rings. The highest BCUT2D eigenvalue weighted by molar-refractivity contribution is 6.31. The van der Waals surface area contributed by atoms with Crippen LogP contribution in [0.3, 0.4) is 0 Å². The first-order valence-corrected chi connectivity index (χ1v) is 8.64. The molecule has 0 atom stereocenters. The van der Waals surface area contributed by atoms with Crippen molar-refractivity contribution in [2.24, 2.45) is 0 Å². The molecular weight excluding hydrogens is 386 g/mol. The van der Waals surface area contributed by atoms with Crippen LogP contribution in [-0.4, -0.2) is 15.5 Å². The summed E-state index contributed by atoms with van der Waals surface area (Å²) in [7, 11) is 0. The molecule has 0 bridgehead atoms. The van der Waals surface area contributed by atoms with Gasteiger partial charge in [0.15, 0.2) is 11.4 Å². The fourth-order valence-corrected chi connectivity index (χ4v) is 2.79. The number of furan rings is 1. The Bertz CT molecular complexity index is 1210. The zero-order valence-corrected chi connectivity index (χ0v) is 15.4. The second kappa shape index (κ2) is 7.24. The highest BCUT2D eigenvalue weighted by Gasteiger charge is 2.14. The topological polar surface area (TPSA) is 99.0 Å². The van der Waals surface area contributed by atoms with Gasteiger partial charge >= 0.3 is 0 Å². The number of fused-ring (bicyclic) bond motifs is 1. The summed E-state index contributed by atoms with van der Waals surface area (Å²) >= 11 is 6.03. The molecule has 0 aliphatic carbocycles. The van der Waals surface area contributed by atoms with Crippen LogP contribution in [0.15, 0.2) is 62.5 Å². The largest absolute Gasteiger partial charge is 0.485 e. The number of hydrogen-bond acceptors (Lipinski definition) is 6. The lowest BCUT2D eigenvalue weighted by molar-refractivity contribution is 0.0996. The predicted octanol–water partition coefficient (Wildman–Crippen LogP) is 3.67. The molecule has 3 heterocycles. The quantitative estimate of drug-likeness (QED) is 0.549. The molecule has 4 rings (SSSR count). The normalized spacial score (nSPS) is 10.9. The fourth-order valence-electron chi connectivity index (χ4n) is 2.62. The number of carbonyl (C=O) groups is 1. The average Bonchev–Trinajstić information content (AvgIpc) is 3.30. The molecule has 3 aromatic heterocycles. The van der Waals surface area contributed by atoms with E-state index in [-0.39, 0.29) is 17.9 Å². The van der Waals surface area contributed by atoms with Gasteiger partial charge in [0, 0.05) is 17.2 Å². The van der Waals surface area contributed by atoms with E-state index >= 15 is 0 Å². The molecule has 0 aliphatic heterocycles. The Morgan fingerprint density at radius 1 is 1.29 bits per heavy atom. The standard InChI is InChI=1S/C19H14ClN3O5/c1-11-7-17-21-13(9-18(24)23(17)28-11)10-27-15-5-4-12(20)8-14(15)22-19(25)16-3-2-6-26-16/h2-9H,10H2,1H3,(H,22,25). The van der Waals surface area contributed by atoms with Crippen LogP contribution in [0.1, 0.15) is 22.0 Å². The summed E-state index contributed by atoms with van der Waals surface area (Å²) in [5, 5.41) is 3.12. The number of benzene rings is 1. The molecule has 9 heteroatoms. The van der Waals surface area contributed by atoms with Crippen molar-refractivity contribution >= 4 is 28.8 Å². The third kappa shape index (κ3) is 3.63. The van der Waals surface area contributed by atoms with Crippen LogP contribution in [0.25, 0.3) is 5.65 Å². The van der Waals surface area contributed by atoms with Crippen molar-refractivity contribution in [3.8, 4) is 5.75 Å². The molecule has 1 aromatic carbocycles. The summed E-state index contributed by atoms with van der Waals surface area (Å²) in [4.78, 5) is 28.7. The summed E-state index contributed by atoms with van der Waals surface area (Å²) in [6.45, 7) is 1.74. The highest BCUT2D eigenvalue weighted by atomic mass is 35.5. The molecule has 1 N–H and O–H groups in total. The van der Waals surface area contributed by atoms with Crippen LogP contribution in [0.5, 0.6) is 5.75 Å². The number of carbonyl (C=O) groups excluding carboxylic acids is 1. The van der Waals surface area contributed by atoms with Gasteiger partial charge in [-0.1, -0.05) is 11.6 Å². The van der Waals surface area contributed by atoms with Gasteiger partial charge in [-0.25, -0.2) is 4.98 Å². The SMILES string of the molecule is Cc1cc2nc(COc3ccc(Cl)cc3NC(=O)c3ccco3)cc(=O)n2o1. The molecule has 0 spiro atoms. The predicted molar refractivity (Wildman–Crippen MR) is 101 cm³/mol. The molecule has 0 aliphatic rings. The minimum Gasteiger partial charge on any atom is -0.485 e. The van der Waals surface area contributed by atoms with Crippen molar-refractivity contribution in [3.63, 3.8) is 0 Å². The third-order valence-corrected chi connectivity index (χ3v) is 4.07. The van der Waals surface area contributed by atoms with Gasteiger partial charge in [-0.2, -0.15) is 0 Å². The number of halogens is 1. The minimum absolute atomic E-state index is 0.0151. The molecular formula is C19H14ClN3O5. The number of nitrogens with one attached hydrogen (secondary N) is 1. The first kappa shape index (κ1) is 17.9. The fraction of sp³-hybridized carbons (Fsp3) is 0.105. The molecule has 4 aromatic rings. The summed E-state index contributed by atoms with van der Waals surface area (Å²) < 4.78 is 17.2. The molecule has 28 heavy (non-hydrogen) atoms. The van der Waals surface area contributed by atoms with Gasteiger partial charge in [-0.3, -0.25) is 9.59 Å². The minimum atomic E-state index is -0.441. The van der Waals surface area contributed by atoms with Crippen LogP contribution in [0.4, 0.5) is 5.69 Å². The van der Waals surface area contributed by atoms with Gasteiger partial charge in [-0.15, -0.1) is 4.57 Å². The van der Waals surface area contributed by atoms with E-state index in [1.807, 2.05) is 0 Å². The summed E-state index contributed by atoms with van der Waals surface area (Å²) in [6.07, 6.45) is 1.40. The van der Waals surface area contributed by atoms with E-state index in [2.05, 4.69) is 10.3 Å². The van der Waals surface area contributed by atoms with E-state index in [4.69, 9.17) is 25.3 Å². The van der Waals surface area contributed by atoms with Gasteiger partial charge in [0.25, 0.3) is 11.5 Å². The Kier molecular flexibility index (Phi) is 4.62. The number of anilines is 1. The number of rotatable bonds is 5. The lowest BCUT2D eigenvalue weighted by atomic mass is 10.2. The Labute approximate surface area is 163 Å². The van der Waals surface area contributed by atoms with Crippen molar-refractivity contribution in [1.29, 1.82) is 0 Å². The van der Waals surface area contributed by atoms with Crippen molar-refractivity contribution in [2.45, 2.75) is 13.5 Å². The Balaban J connectivity index is 1.56. The van der Waals surface area contributed by atoms with Crippen molar-refractivity contribution in [2.75, 3.05) is 5.32 Å². The molecule has 0 radical (unpaired) electrons. The number of amides is 1. The van der Waals surface area contributed by atoms with Gasteiger partial charge in [0.2, 0.25) is 0 Å². The third-order valence-electron chi connectivity index (χ3n) is 3.83. The molecule has 142 valence electrons. The Morgan fingerprint density at radius 3 is 2.93 bits per heavy atom. The van der Waals surface area contributed by atoms with Crippen LogP contribution >= 0.6 is 11.6 Å².